The molecule has 9 amide bonds. The Kier molecular flexibility index (Phi) is 28.6. The van der Waals surface area contributed by atoms with Crippen LogP contribution in [-0.4, -0.2) is 148 Å². The molecule has 0 heterocycles. The highest BCUT2D eigenvalue weighted by molar-refractivity contribution is 5.97. The lowest BCUT2D eigenvalue weighted by Gasteiger charge is -2.29. The smallest absolute Gasteiger partial charge is 0.326 e. The molecule has 0 aliphatic carbocycles. The summed E-state index contributed by atoms with van der Waals surface area (Å²) in [5.74, 6) is -11.3. The first-order valence-corrected chi connectivity index (χ1v) is 23.5. The summed E-state index contributed by atoms with van der Waals surface area (Å²) in [6, 6.07) is -10.0. The molecule has 394 valence electrons. The second-order valence-electron chi connectivity index (χ2n) is 18.7. The number of hydrogen-bond acceptors (Lipinski definition) is 13. The van der Waals surface area contributed by atoms with Crippen molar-refractivity contribution in [1.82, 2.24) is 47.9 Å². The highest BCUT2D eigenvalue weighted by Gasteiger charge is 2.36. The van der Waals surface area contributed by atoms with Gasteiger partial charge in [-0.25, -0.2) is 4.79 Å². The molecule has 0 aromatic carbocycles. The van der Waals surface area contributed by atoms with E-state index in [9.17, 15) is 63.0 Å². The quantitative estimate of drug-likeness (QED) is 0.0351. The Bertz CT molecular complexity index is 1780. The van der Waals surface area contributed by atoms with Crippen LogP contribution in [0.2, 0.25) is 0 Å². The molecular weight excluding hydrogens is 905 g/mol. The van der Waals surface area contributed by atoms with Gasteiger partial charge in [0.1, 0.15) is 42.3 Å². The number of aliphatic hydroxyl groups excluding tert-OH is 1. The summed E-state index contributed by atoms with van der Waals surface area (Å²) in [5.41, 5.74) is 5.79. The standard InChI is InChI=1S/C45H80N10O14/c1-13-24(9)35(52-31(57)19-47-38(61)26(11)49-40(63)29(17-21(3)4)50-39(62)28(46)15-16-33(59)60)42(65)48-20-32(58)53-36(25(10)14-2)43(66)51-30(18-22(5)6)41(64)55-37(27(12)56)44(67)54-34(23(7)8)45(68)69/h21-30,34-37,56H,13-20,46H2,1-12H3,(H,47,61)(H,48,65)(H,49,63)(H,50,62)(H,51,66)(H,52,57)(H,53,58)(H,54,67)(H,55,64)(H,59,60)(H,68,69)/t24-,25-,26-,27+,28-,29-,30-,34-,35-,36-,37-/m0/s1. The van der Waals surface area contributed by atoms with Crippen molar-refractivity contribution in [3.63, 3.8) is 0 Å². The van der Waals surface area contributed by atoms with Crippen molar-refractivity contribution in [2.75, 3.05) is 13.1 Å². The number of hydrogen-bond donors (Lipinski definition) is 13. The Morgan fingerprint density at radius 1 is 0.478 bits per heavy atom. The summed E-state index contributed by atoms with van der Waals surface area (Å²) in [6.07, 6.45) is -0.924. The van der Waals surface area contributed by atoms with E-state index in [-0.39, 0.29) is 37.5 Å². The number of aliphatic hydroxyl groups is 1. The summed E-state index contributed by atoms with van der Waals surface area (Å²) >= 11 is 0. The van der Waals surface area contributed by atoms with E-state index >= 15 is 0 Å². The topological polar surface area (TPSA) is 383 Å². The molecule has 0 fully saturated rings. The Morgan fingerprint density at radius 2 is 0.884 bits per heavy atom. The van der Waals surface area contributed by atoms with E-state index in [4.69, 9.17) is 10.8 Å². The Labute approximate surface area is 404 Å². The number of carbonyl (C=O) groups is 11. The van der Waals surface area contributed by atoms with Gasteiger partial charge in [0.15, 0.2) is 0 Å². The van der Waals surface area contributed by atoms with Gasteiger partial charge in [0.2, 0.25) is 53.2 Å². The number of nitrogens with one attached hydrogen (secondary N) is 9. The molecule has 0 aliphatic heterocycles. The second kappa shape index (κ2) is 31.3. The fourth-order valence-electron chi connectivity index (χ4n) is 6.60. The van der Waals surface area contributed by atoms with Crippen LogP contribution in [0.3, 0.4) is 0 Å². The molecule has 69 heavy (non-hydrogen) atoms. The van der Waals surface area contributed by atoms with Gasteiger partial charge >= 0.3 is 11.9 Å². The van der Waals surface area contributed by atoms with E-state index in [0.717, 1.165) is 0 Å². The lowest BCUT2D eigenvalue weighted by Crippen LogP contribution is -2.61. The summed E-state index contributed by atoms with van der Waals surface area (Å²) in [7, 11) is 0. The summed E-state index contributed by atoms with van der Waals surface area (Å²) < 4.78 is 0. The minimum atomic E-state index is -1.58. The predicted octanol–water partition coefficient (Wildman–Crippen LogP) is -1.87. The lowest BCUT2D eigenvalue weighted by atomic mass is 9.96. The zero-order chi connectivity index (χ0) is 53.5. The first-order chi connectivity index (χ1) is 32.0. The zero-order valence-electron chi connectivity index (χ0n) is 42.1. The van der Waals surface area contributed by atoms with Crippen LogP contribution < -0.4 is 53.6 Å². The molecule has 24 nitrogen and oxygen atoms in total. The van der Waals surface area contributed by atoms with Crippen molar-refractivity contribution >= 4 is 65.1 Å². The van der Waals surface area contributed by atoms with Crippen molar-refractivity contribution in [2.24, 2.45) is 35.3 Å². The monoisotopic (exact) mass is 985 g/mol. The average molecular weight is 985 g/mol. The van der Waals surface area contributed by atoms with Gasteiger partial charge in [-0.05, 0) is 62.7 Å². The van der Waals surface area contributed by atoms with Gasteiger partial charge in [-0.1, -0.05) is 82.1 Å². The summed E-state index contributed by atoms with van der Waals surface area (Å²) in [5, 5.41) is 51.1. The first kappa shape index (κ1) is 63.1. The fraction of sp³-hybridized carbons (Fsp3) is 0.756. The summed E-state index contributed by atoms with van der Waals surface area (Å²) in [6.45, 7) is 18.5. The molecule has 0 aliphatic rings. The van der Waals surface area contributed by atoms with Gasteiger partial charge in [0, 0.05) is 6.42 Å². The van der Waals surface area contributed by atoms with Crippen molar-refractivity contribution < 1.29 is 68.1 Å². The zero-order valence-corrected chi connectivity index (χ0v) is 42.1. The third-order valence-corrected chi connectivity index (χ3v) is 11.2. The van der Waals surface area contributed by atoms with E-state index in [0.29, 0.717) is 12.8 Å². The molecule has 0 rings (SSSR count). The first-order valence-electron chi connectivity index (χ1n) is 23.5. The molecule has 11 atom stereocenters. The highest BCUT2D eigenvalue weighted by Crippen LogP contribution is 2.13. The average Bonchev–Trinajstić information content (AvgIpc) is 3.26. The molecule has 0 spiro atoms. The van der Waals surface area contributed by atoms with Crippen LogP contribution in [0.25, 0.3) is 0 Å². The maximum absolute atomic E-state index is 13.8. The minimum Gasteiger partial charge on any atom is -0.481 e. The summed E-state index contributed by atoms with van der Waals surface area (Å²) in [4.78, 5) is 141. The Morgan fingerprint density at radius 3 is 1.29 bits per heavy atom. The third kappa shape index (κ3) is 23.8. The Hall–Kier alpha value is -5.91. The molecule has 0 aromatic heterocycles. The minimum absolute atomic E-state index is 0.0737. The molecule has 0 aromatic rings. The molecule has 0 bridgehead atoms. The number of carboxylic acids is 2. The molecule has 0 radical (unpaired) electrons. The van der Waals surface area contributed by atoms with Gasteiger partial charge in [-0.2, -0.15) is 0 Å². The van der Waals surface area contributed by atoms with Crippen LogP contribution in [0, 0.1) is 29.6 Å². The van der Waals surface area contributed by atoms with Crippen molar-refractivity contribution in [3.05, 3.63) is 0 Å². The number of rotatable bonds is 32. The van der Waals surface area contributed by atoms with Crippen LogP contribution in [0.4, 0.5) is 0 Å². The number of amides is 9. The van der Waals surface area contributed by atoms with Crippen LogP contribution in [0.1, 0.15) is 122 Å². The predicted molar refractivity (Wildman–Crippen MR) is 252 cm³/mol. The fourth-order valence-corrected chi connectivity index (χ4v) is 6.60. The largest absolute Gasteiger partial charge is 0.481 e. The third-order valence-electron chi connectivity index (χ3n) is 11.2. The molecule has 0 saturated carbocycles. The van der Waals surface area contributed by atoms with Gasteiger partial charge in [-0.3, -0.25) is 47.9 Å². The molecular formula is C45H80N10O14. The highest BCUT2D eigenvalue weighted by atomic mass is 16.4. The van der Waals surface area contributed by atoms with Gasteiger partial charge in [0.25, 0.3) is 0 Å². The van der Waals surface area contributed by atoms with Crippen molar-refractivity contribution in [3.8, 4) is 0 Å². The van der Waals surface area contributed by atoms with Gasteiger partial charge in [-0.15, -0.1) is 0 Å². The number of nitrogens with two attached hydrogens (primary N) is 1. The van der Waals surface area contributed by atoms with Gasteiger partial charge in [0.05, 0.1) is 25.2 Å². The Balaban J connectivity index is 5.76. The number of carbonyl (C=O) groups excluding carboxylic acids is 9. The van der Waals surface area contributed by atoms with Crippen LogP contribution in [0.15, 0.2) is 0 Å². The normalized spacial score (nSPS) is 16.1. The van der Waals surface area contributed by atoms with E-state index in [1.165, 1.54) is 13.8 Å². The van der Waals surface area contributed by atoms with Gasteiger partial charge < -0.3 is 68.9 Å². The number of aliphatic carboxylic acids is 2. The molecule has 24 heteroatoms. The van der Waals surface area contributed by atoms with Crippen LogP contribution in [0.5, 0.6) is 0 Å². The second-order valence-corrected chi connectivity index (χ2v) is 18.7. The maximum Gasteiger partial charge on any atom is 0.326 e. The maximum atomic E-state index is 13.8. The molecule has 14 N–H and O–H groups in total. The SMILES string of the molecule is CC[C@H](C)[C@H](NC(=O)CNC(=O)[C@H](C)NC(=O)[C@H](CC(C)C)NC(=O)[C@@H](N)CCC(=O)O)C(=O)NCC(=O)N[C@H](C(=O)N[C@@H](CC(C)C)C(=O)N[C@H](C(=O)N[C@H](C(=O)O)C(C)C)[C@@H](C)O)[C@@H](C)CC. The van der Waals surface area contributed by atoms with E-state index in [1.807, 2.05) is 0 Å². The number of carboxylic acid groups (broad SMARTS) is 2. The molecule has 0 unspecified atom stereocenters. The van der Waals surface area contributed by atoms with E-state index in [1.54, 1.807) is 69.2 Å². The lowest BCUT2D eigenvalue weighted by molar-refractivity contribution is -0.144. The van der Waals surface area contributed by atoms with E-state index in [2.05, 4.69) is 47.9 Å². The van der Waals surface area contributed by atoms with E-state index < -0.39 is 150 Å². The van der Waals surface area contributed by atoms with Crippen molar-refractivity contribution in [1.29, 1.82) is 0 Å². The molecule has 0 saturated heterocycles. The van der Waals surface area contributed by atoms with Crippen molar-refractivity contribution in [2.45, 2.75) is 176 Å². The van der Waals surface area contributed by atoms with Crippen LogP contribution >= 0.6 is 0 Å². The van der Waals surface area contributed by atoms with Crippen LogP contribution in [-0.2, 0) is 52.7 Å².